The van der Waals surface area contributed by atoms with E-state index < -0.39 is 6.04 Å². The van der Waals surface area contributed by atoms with Gasteiger partial charge in [0.2, 0.25) is 5.91 Å². The van der Waals surface area contributed by atoms with E-state index in [0.29, 0.717) is 17.8 Å². The van der Waals surface area contributed by atoms with E-state index in [1.165, 1.54) is 0 Å². The van der Waals surface area contributed by atoms with Crippen LogP contribution in [0.1, 0.15) is 36.7 Å². The summed E-state index contributed by atoms with van der Waals surface area (Å²) in [6, 6.07) is 4.65. The molecule has 0 aliphatic rings. The fourth-order valence-corrected chi connectivity index (χ4v) is 1.68. The molecule has 1 aromatic rings. The highest BCUT2D eigenvalue weighted by Gasteiger charge is 2.18. The summed E-state index contributed by atoms with van der Waals surface area (Å²) >= 11 is 0. The molecule has 0 saturated heterocycles. The maximum atomic E-state index is 12.0. The zero-order valence-electron chi connectivity index (χ0n) is 12.9. The average molecular weight is 314 g/mol. The second kappa shape index (κ2) is 8.64. The van der Waals surface area contributed by atoms with Crippen molar-refractivity contribution in [3.63, 3.8) is 0 Å². The molecule has 0 heterocycles. The van der Waals surface area contributed by atoms with Crippen LogP contribution in [0.5, 0.6) is 0 Å². The van der Waals surface area contributed by atoms with Crippen LogP contribution in [0, 0.1) is 12.8 Å². The van der Waals surface area contributed by atoms with Crippen molar-refractivity contribution in [3.05, 3.63) is 29.3 Å². The molecule has 4 N–H and O–H groups in total. The Labute approximate surface area is 132 Å². The minimum absolute atomic E-state index is 0. The number of carbonyl (C=O) groups is 2. The van der Waals surface area contributed by atoms with Crippen LogP contribution < -0.4 is 16.4 Å². The fraction of sp³-hybridized carbons (Fsp3) is 0.467. The fourth-order valence-electron chi connectivity index (χ4n) is 1.68. The number of halogens is 1. The standard InChI is InChI=1S/C15H23N3O2.ClH/c1-5-17-14(19)11-7-6-10(4)12(8-11)18-15(20)13(16)9(2)3;/h6-9,13H,5,16H2,1-4H3,(H,17,19)(H,18,20);1H. The van der Waals surface area contributed by atoms with Gasteiger partial charge < -0.3 is 16.4 Å². The molecule has 0 aromatic heterocycles. The number of hydrogen-bond acceptors (Lipinski definition) is 3. The second-order valence-corrected chi connectivity index (χ2v) is 5.15. The maximum Gasteiger partial charge on any atom is 0.251 e. The maximum absolute atomic E-state index is 12.0. The van der Waals surface area contributed by atoms with Crippen LogP contribution in [0.2, 0.25) is 0 Å². The Hall–Kier alpha value is -1.59. The Morgan fingerprint density at radius 1 is 1.29 bits per heavy atom. The van der Waals surface area contributed by atoms with E-state index in [1.807, 2.05) is 27.7 Å². The summed E-state index contributed by atoms with van der Waals surface area (Å²) in [5, 5.41) is 5.51. The van der Waals surface area contributed by atoms with Gasteiger partial charge in [0.25, 0.3) is 5.91 Å². The van der Waals surface area contributed by atoms with Gasteiger partial charge in [-0.2, -0.15) is 0 Å². The number of amides is 2. The normalized spacial score (nSPS) is 11.5. The first-order valence-corrected chi connectivity index (χ1v) is 6.82. The lowest BCUT2D eigenvalue weighted by molar-refractivity contribution is -0.118. The molecule has 1 aromatic carbocycles. The molecule has 21 heavy (non-hydrogen) atoms. The highest BCUT2D eigenvalue weighted by atomic mass is 35.5. The molecule has 2 amide bonds. The van der Waals surface area contributed by atoms with Crippen LogP contribution in [0.4, 0.5) is 5.69 Å². The van der Waals surface area contributed by atoms with Crippen molar-refractivity contribution in [1.82, 2.24) is 5.32 Å². The minimum Gasteiger partial charge on any atom is -0.352 e. The van der Waals surface area contributed by atoms with Gasteiger partial charge in [-0.3, -0.25) is 9.59 Å². The molecule has 0 saturated carbocycles. The molecule has 1 rings (SSSR count). The summed E-state index contributed by atoms with van der Waals surface area (Å²) in [5.74, 6) is -0.339. The zero-order chi connectivity index (χ0) is 15.3. The number of nitrogens with two attached hydrogens (primary N) is 1. The monoisotopic (exact) mass is 313 g/mol. The van der Waals surface area contributed by atoms with Crippen LogP contribution in [-0.2, 0) is 4.79 Å². The quantitative estimate of drug-likeness (QED) is 0.778. The summed E-state index contributed by atoms with van der Waals surface area (Å²) in [4.78, 5) is 23.8. The molecule has 0 aliphatic carbocycles. The Morgan fingerprint density at radius 3 is 2.43 bits per heavy atom. The van der Waals surface area contributed by atoms with Crippen LogP contribution in [-0.4, -0.2) is 24.4 Å². The Balaban J connectivity index is 0.00000400. The largest absolute Gasteiger partial charge is 0.352 e. The molecule has 1 atom stereocenters. The van der Waals surface area contributed by atoms with Crippen molar-refractivity contribution in [2.45, 2.75) is 33.7 Å². The van der Waals surface area contributed by atoms with Gasteiger partial charge in [-0.1, -0.05) is 19.9 Å². The smallest absolute Gasteiger partial charge is 0.251 e. The third kappa shape index (κ3) is 5.36. The molecule has 6 heteroatoms. The van der Waals surface area contributed by atoms with Crippen molar-refractivity contribution < 1.29 is 9.59 Å². The van der Waals surface area contributed by atoms with E-state index in [0.717, 1.165) is 5.56 Å². The predicted octanol–water partition coefficient (Wildman–Crippen LogP) is 2.09. The third-order valence-corrected chi connectivity index (χ3v) is 3.12. The molecule has 5 nitrogen and oxygen atoms in total. The Kier molecular flexibility index (Phi) is 7.99. The lowest BCUT2D eigenvalue weighted by atomic mass is 10.0. The number of benzene rings is 1. The molecule has 118 valence electrons. The highest BCUT2D eigenvalue weighted by Crippen LogP contribution is 2.17. The molecular weight excluding hydrogens is 290 g/mol. The van der Waals surface area contributed by atoms with Gasteiger partial charge in [0, 0.05) is 17.8 Å². The lowest BCUT2D eigenvalue weighted by Crippen LogP contribution is -2.39. The Bertz CT molecular complexity index is 504. The van der Waals surface area contributed by atoms with Crippen LogP contribution in [0.3, 0.4) is 0 Å². The molecule has 0 bridgehead atoms. The first-order chi connectivity index (χ1) is 9.36. The summed E-state index contributed by atoms with van der Waals surface area (Å²) < 4.78 is 0. The lowest BCUT2D eigenvalue weighted by Gasteiger charge is -2.17. The van der Waals surface area contributed by atoms with Crippen molar-refractivity contribution in [2.24, 2.45) is 11.7 Å². The summed E-state index contributed by atoms with van der Waals surface area (Å²) in [7, 11) is 0. The van der Waals surface area contributed by atoms with Gasteiger partial charge in [0.1, 0.15) is 0 Å². The summed E-state index contributed by atoms with van der Waals surface area (Å²) in [5.41, 5.74) is 7.84. The van der Waals surface area contributed by atoms with E-state index in [-0.39, 0.29) is 30.1 Å². The van der Waals surface area contributed by atoms with E-state index in [1.54, 1.807) is 18.2 Å². The van der Waals surface area contributed by atoms with Gasteiger partial charge in [0.05, 0.1) is 6.04 Å². The topological polar surface area (TPSA) is 84.2 Å². The van der Waals surface area contributed by atoms with Gasteiger partial charge in [0.15, 0.2) is 0 Å². The van der Waals surface area contributed by atoms with Crippen LogP contribution in [0.25, 0.3) is 0 Å². The second-order valence-electron chi connectivity index (χ2n) is 5.15. The van der Waals surface area contributed by atoms with Crippen LogP contribution >= 0.6 is 12.4 Å². The van der Waals surface area contributed by atoms with Crippen LogP contribution in [0.15, 0.2) is 18.2 Å². The van der Waals surface area contributed by atoms with Crippen molar-refractivity contribution in [1.29, 1.82) is 0 Å². The Morgan fingerprint density at radius 2 is 1.90 bits per heavy atom. The SMILES string of the molecule is CCNC(=O)c1ccc(C)c(NC(=O)C(N)C(C)C)c1.Cl. The van der Waals surface area contributed by atoms with Crippen molar-refractivity contribution >= 4 is 29.9 Å². The third-order valence-electron chi connectivity index (χ3n) is 3.12. The molecule has 1 unspecified atom stereocenters. The number of hydrogen-bond donors (Lipinski definition) is 3. The van der Waals surface area contributed by atoms with E-state index in [4.69, 9.17) is 5.73 Å². The average Bonchev–Trinajstić information content (AvgIpc) is 2.40. The van der Waals surface area contributed by atoms with Crippen molar-refractivity contribution in [3.8, 4) is 0 Å². The number of carbonyl (C=O) groups excluding carboxylic acids is 2. The van der Waals surface area contributed by atoms with Gasteiger partial charge in [-0.15, -0.1) is 12.4 Å². The van der Waals surface area contributed by atoms with E-state index >= 15 is 0 Å². The number of nitrogens with one attached hydrogen (secondary N) is 2. The van der Waals surface area contributed by atoms with Gasteiger partial charge >= 0.3 is 0 Å². The predicted molar refractivity (Wildman–Crippen MR) is 87.9 cm³/mol. The number of anilines is 1. The number of rotatable bonds is 5. The van der Waals surface area contributed by atoms with E-state index in [9.17, 15) is 9.59 Å². The summed E-state index contributed by atoms with van der Waals surface area (Å²) in [6.45, 7) is 8.07. The first kappa shape index (κ1) is 19.4. The zero-order valence-corrected chi connectivity index (χ0v) is 13.7. The molecule has 0 aliphatic heterocycles. The molecule has 0 fully saturated rings. The molecule has 0 spiro atoms. The highest BCUT2D eigenvalue weighted by molar-refractivity contribution is 5.99. The first-order valence-electron chi connectivity index (χ1n) is 6.82. The van der Waals surface area contributed by atoms with Gasteiger partial charge in [-0.25, -0.2) is 0 Å². The van der Waals surface area contributed by atoms with E-state index in [2.05, 4.69) is 10.6 Å². The molecule has 0 radical (unpaired) electrons. The minimum atomic E-state index is -0.567. The summed E-state index contributed by atoms with van der Waals surface area (Å²) in [6.07, 6.45) is 0. The molecular formula is C15H24ClN3O2. The number of aryl methyl sites for hydroxylation is 1. The van der Waals surface area contributed by atoms with Crippen molar-refractivity contribution in [2.75, 3.05) is 11.9 Å². The van der Waals surface area contributed by atoms with Gasteiger partial charge in [-0.05, 0) is 37.5 Å².